The molecule has 4 atom stereocenters. The van der Waals surface area contributed by atoms with E-state index < -0.39 is 36.9 Å². The van der Waals surface area contributed by atoms with E-state index in [0.717, 1.165) is 51.4 Å². The average molecular weight is 692 g/mol. The summed E-state index contributed by atoms with van der Waals surface area (Å²) in [6.07, 6.45) is 43.4. The van der Waals surface area contributed by atoms with Crippen LogP contribution in [0.3, 0.4) is 0 Å². The lowest BCUT2D eigenvalue weighted by atomic mass is 10.00. The van der Waals surface area contributed by atoms with Crippen LogP contribution in [-0.2, 0) is 4.79 Å². The SMILES string of the molecule is CCCCCCCCCCCCCC/C=C/CC/C=C/CC/C=C/CCCC(O)C(O)C(CO)NC(=O)C(O)CCCCCCCCCC. The monoisotopic (exact) mass is 692 g/mol. The van der Waals surface area contributed by atoms with Gasteiger partial charge in [-0.15, -0.1) is 0 Å². The third-order valence-corrected chi connectivity index (χ3v) is 9.56. The second kappa shape index (κ2) is 37.8. The standard InChI is InChI=1S/C43H81NO5/c1-3-5-7-9-11-13-14-15-16-17-18-19-20-21-22-23-24-25-26-27-28-29-31-32-34-36-40(46)42(48)39(38-45)44-43(49)41(47)37-35-33-30-12-10-8-6-4-2/h21-22,25-26,29,31,39-42,45-48H,3-20,23-24,27-28,30,32-38H2,1-2H3,(H,44,49)/b22-21+,26-25+,31-29+. The molecule has 5 N–H and O–H groups in total. The molecule has 49 heavy (non-hydrogen) atoms. The molecule has 288 valence electrons. The van der Waals surface area contributed by atoms with Crippen molar-refractivity contribution in [3.63, 3.8) is 0 Å². The molecule has 1 amide bonds. The van der Waals surface area contributed by atoms with Crippen molar-refractivity contribution in [2.45, 2.75) is 224 Å². The Morgan fingerprint density at radius 3 is 1.29 bits per heavy atom. The molecule has 0 aliphatic rings. The third kappa shape index (κ3) is 32.2. The molecule has 4 unspecified atom stereocenters. The Hall–Kier alpha value is -1.47. The maximum atomic E-state index is 12.4. The van der Waals surface area contributed by atoms with Crippen LogP contribution in [0, 0.1) is 0 Å². The number of hydrogen-bond acceptors (Lipinski definition) is 5. The summed E-state index contributed by atoms with van der Waals surface area (Å²) in [7, 11) is 0. The molecule has 0 aliphatic heterocycles. The first-order valence-corrected chi connectivity index (χ1v) is 20.9. The smallest absolute Gasteiger partial charge is 0.249 e. The normalized spacial score (nSPS) is 14.7. The lowest BCUT2D eigenvalue weighted by molar-refractivity contribution is -0.132. The summed E-state index contributed by atoms with van der Waals surface area (Å²) in [5.41, 5.74) is 0. The van der Waals surface area contributed by atoms with Crippen molar-refractivity contribution in [2.75, 3.05) is 6.61 Å². The molecule has 0 heterocycles. The Kier molecular flexibility index (Phi) is 36.6. The van der Waals surface area contributed by atoms with E-state index in [9.17, 15) is 25.2 Å². The van der Waals surface area contributed by atoms with Crippen LogP contribution in [0.2, 0.25) is 0 Å². The maximum absolute atomic E-state index is 12.4. The summed E-state index contributed by atoms with van der Waals surface area (Å²) < 4.78 is 0. The average Bonchev–Trinajstić information content (AvgIpc) is 3.11. The molecule has 0 aromatic carbocycles. The molecular formula is C43H81NO5. The van der Waals surface area contributed by atoms with Gasteiger partial charge in [-0.25, -0.2) is 0 Å². The van der Waals surface area contributed by atoms with Crippen LogP contribution in [-0.4, -0.2) is 57.3 Å². The van der Waals surface area contributed by atoms with Gasteiger partial charge in [-0.1, -0.05) is 172 Å². The Bertz CT molecular complexity index is 782. The van der Waals surface area contributed by atoms with Crippen LogP contribution in [0.1, 0.15) is 200 Å². The number of allylic oxidation sites excluding steroid dienone is 6. The highest BCUT2D eigenvalue weighted by Crippen LogP contribution is 2.14. The van der Waals surface area contributed by atoms with E-state index in [1.165, 1.54) is 116 Å². The summed E-state index contributed by atoms with van der Waals surface area (Å²) in [5.74, 6) is -0.605. The van der Waals surface area contributed by atoms with Crippen LogP contribution in [0.25, 0.3) is 0 Å². The van der Waals surface area contributed by atoms with Gasteiger partial charge in [-0.05, 0) is 64.2 Å². The first-order chi connectivity index (χ1) is 24.0. The van der Waals surface area contributed by atoms with Gasteiger partial charge in [0.15, 0.2) is 0 Å². The van der Waals surface area contributed by atoms with Crippen molar-refractivity contribution < 1.29 is 25.2 Å². The highest BCUT2D eigenvalue weighted by Gasteiger charge is 2.28. The van der Waals surface area contributed by atoms with E-state index >= 15 is 0 Å². The van der Waals surface area contributed by atoms with Crippen LogP contribution < -0.4 is 5.32 Å². The van der Waals surface area contributed by atoms with Crippen molar-refractivity contribution in [1.82, 2.24) is 5.32 Å². The van der Waals surface area contributed by atoms with E-state index in [-0.39, 0.29) is 0 Å². The van der Waals surface area contributed by atoms with E-state index in [1.54, 1.807) is 0 Å². The Balaban J connectivity index is 3.78. The first-order valence-electron chi connectivity index (χ1n) is 20.9. The number of unbranched alkanes of at least 4 members (excludes halogenated alkanes) is 22. The van der Waals surface area contributed by atoms with Gasteiger partial charge in [0.25, 0.3) is 0 Å². The minimum Gasteiger partial charge on any atom is -0.394 e. The largest absolute Gasteiger partial charge is 0.394 e. The Morgan fingerprint density at radius 1 is 0.490 bits per heavy atom. The van der Waals surface area contributed by atoms with Gasteiger partial charge in [0.1, 0.15) is 12.2 Å². The van der Waals surface area contributed by atoms with Gasteiger partial charge in [0.2, 0.25) is 5.91 Å². The molecule has 0 saturated carbocycles. The van der Waals surface area contributed by atoms with Crippen LogP contribution in [0.15, 0.2) is 36.5 Å². The molecule has 0 fully saturated rings. The topological polar surface area (TPSA) is 110 Å². The minimum absolute atomic E-state index is 0.358. The molecule has 0 aliphatic carbocycles. The zero-order valence-corrected chi connectivity index (χ0v) is 32.2. The van der Waals surface area contributed by atoms with Crippen LogP contribution >= 0.6 is 0 Å². The summed E-state index contributed by atoms with van der Waals surface area (Å²) in [4.78, 5) is 12.4. The van der Waals surface area contributed by atoms with E-state index in [1.807, 2.05) is 0 Å². The third-order valence-electron chi connectivity index (χ3n) is 9.56. The summed E-state index contributed by atoms with van der Waals surface area (Å²) >= 11 is 0. The first kappa shape index (κ1) is 47.5. The highest BCUT2D eigenvalue weighted by atomic mass is 16.3. The zero-order valence-electron chi connectivity index (χ0n) is 32.2. The molecule has 6 nitrogen and oxygen atoms in total. The number of rotatable bonds is 37. The summed E-state index contributed by atoms with van der Waals surface area (Å²) in [6, 6.07) is -1.01. The fourth-order valence-electron chi connectivity index (χ4n) is 6.20. The van der Waals surface area contributed by atoms with E-state index in [4.69, 9.17) is 0 Å². The Morgan fingerprint density at radius 2 is 0.857 bits per heavy atom. The summed E-state index contributed by atoms with van der Waals surface area (Å²) in [6.45, 7) is 3.98. The second-order valence-corrected chi connectivity index (χ2v) is 14.3. The van der Waals surface area contributed by atoms with Gasteiger partial charge >= 0.3 is 0 Å². The van der Waals surface area contributed by atoms with E-state index in [0.29, 0.717) is 19.3 Å². The number of amides is 1. The quantitative estimate of drug-likeness (QED) is 0.0329. The molecule has 6 heteroatoms. The molecule has 0 saturated heterocycles. The molecule has 0 spiro atoms. The molecule has 0 rings (SSSR count). The van der Waals surface area contributed by atoms with Gasteiger partial charge < -0.3 is 25.7 Å². The number of aliphatic hydroxyl groups excluding tert-OH is 4. The molecule has 0 aromatic rings. The molecular weight excluding hydrogens is 610 g/mol. The fraction of sp³-hybridized carbons (Fsp3) is 0.837. The fourth-order valence-corrected chi connectivity index (χ4v) is 6.20. The highest BCUT2D eigenvalue weighted by molar-refractivity contribution is 5.80. The lowest BCUT2D eigenvalue weighted by Crippen LogP contribution is -2.53. The summed E-state index contributed by atoms with van der Waals surface area (Å²) in [5, 5.41) is 43.3. The van der Waals surface area contributed by atoms with Gasteiger partial charge in [-0.3, -0.25) is 4.79 Å². The van der Waals surface area contributed by atoms with Crippen molar-refractivity contribution in [3.8, 4) is 0 Å². The van der Waals surface area contributed by atoms with Crippen molar-refractivity contribution in [1.29, 1.82) is 0 Å². The molecule has 0 bridgehead atoms. The predicted octanol–water partition coefficient (Wildman–Crippen LogP) is 10.6. The van der Waals surface area contributed by atoms with Crippen molar-refractivity contribution in [3.05, 3.63) is 36.5 Å². The number of aliphatic hydroxyl groups is 4. The Labute approximate surface area is 303 Å². The predicted molar refractivity (Wildman–Crippen MR) is 210 cm³/mol. The van der Waals surface area contributed by atoms with Gasteiger partial charge in [0.05, 0.1) is 18.8 Å². The van der Waals surface area contributed by atoms with Gasteiger partial charge in [-0.2, -0.15) is 0 Å². The molecule has 0 aromatic heterocycles. The minimum atomic E-state index is -1.29. The maximum Gasteiger partial charge on any atom is 0.249 e. The number of nitrogens with one attached hydrogen (secondary N) is 1. The van der Waals surface area contributed by atoms with Crippen LogP contribution in [0.4, 0.5) is 0 Å². The number of hydrogen-bond donors (Lipinski definition) is 5. The van der Waals surface area contributed by atoms with Crippen molar-refractivity contribution >= 4 is 5.91 Å². The number of carbonyl (C=O) groups is 1. The van der Waals surface area contributed by atoms with Gasteiger partial charge in [0, 0.05) is 0 Å². The lowest BCUT2D eigenvalue weighted by Gasteiger charge is -2.27. The second-order valence-electron chi connectivity index (χ2n) is 14.3. The molecule has 0 radical (unpaired) electrons. The zero-order chi connectivity index (χ0) is 36.0. The number of carbonyl (C=O) groups excluding carboxylic acids is 1. The van der Waals surface area contributed by atoms with Crippen molar-refractivity contribution in [2.24, 2.45) is 0 Å². The van der Waals surface area contributed by atoms with E-state index in [2.05, 4.69) is 55.6 Å². The van der Waals surface area contributed by atoms with Crippen LogP contribution in [0.5, 0.6) is 0 Å².